The highest BCUT2D eigenvalue weighted by atomic mass is 16.5. The highest BCUT2D eigenvalue weighted by Gasteiger charge is 2.60. The van der Waals surface area contributed by atoms with E-state index in [1.54, 1.807) is 6.26 Å². The third-order valence-electron chi connectivity index (χ3n) is 7.74. The molecule has 5 heteroatoms. The van der Waals surface area contributed by atoms with E-state index in [1.165, 1.54) is 11.3 Å². The maximum absolute atomic E-state index is 8.84. The van der Waals surface area contributed by atoms with E-state index in [9.17, 15) is 0 Å². The Morgan fingerprint density at radius 3 is 2.34 bits per heavy atom. The van der Waals surface area contributed by atoms with Crippen molar-refractivity contribution in [3.63, 3.8) is 0 Å². The van der Waals surface area contributed by atoms with Crippen LogP contribution in [-0.4, -0.2) is 18.5 Å². The second kappa shape index (κ2) is 8.36. The van der Waals surface area contributed by atoms with Crippen molar-refractivity contribution < 1.29 is 9.47 Å². The summed E-state index contributed by atoms with van der Waals surface area (Å²) in [5, 5.41) is 10.9. The Balaban J connectivity index is 1.53. The summed E-state index contributed by atoms with van der Waals surface area (Å²) in [5.41, 5.74) is 4.29. The van der Waals surface area contributed by atoms with Gasteiger partial charge in [0, 0.05) is 17.6 Å². The predicted octanol–water partition coefficient (Wildman–Crippen LogP) is 8.00. The lowest BCUT2D eigenvalue weighted by Gasteiger charge is -2.48. The minimum atomic E-state index is -0.766. The summed E-state index contributed by atoms with van der Waals surface area (Å²) >= 11 is 0. The number of benzene rings is 4. The third-order valence-corrected chi connectivity index (χ3v) is 7.74. The Kier molecular flexibility index (Phi) is 5.29. The number of ether oxygens (including phenoxy) is 2. The van der Waals surface area contributed by atoms with Gasteiger partial charge in [0.05, 0.1) is 11.6 Å². The molecule has 1 unspecified atom stereocenters. The van der Waals surface area contributed by atoms with Crippen LogP contribution in [0.2, 0.25) is 0 Å². The SMILES string of the molecule is CC(C)(C)CN1c2ccccc2C(C)(C)C12C=Nc1cc(-c3ccc(OC#N)cc3)c3ccccc3c1O2. The van der Waals surface area contributed by atoms with E-state index >= 15 is 0 Å². The highest BCUT2D eigenvalue weighted by molar-refractivity contribution is 6.05. The first-order chi connectivity index (χ1) is 18.1. The zero-order valence-corrected chi connectivity index (χ0v) is 22.4. The van der Waals surface area contributed by atoms with E-state index in [-0.39, 0.29) is 10.8 Å². The maximum atomic E-state index is 8.84. The molecule has 38 heavy (non-hydrogen) atoms. The lowest BCUT2D eigenvalue weighted by molar-refractivity contribution is 0.0731. The molecular formula is C33H31N3O2. The number of nitrogens with zero attached hydrogens (tertiary/aromatic N) is 3. The van der Waals surface area contributed by atoms with Gasteiger partial charge in [0.25, 0.3) is 6.26 Å². The minimum Gasteiger partial charge on any atom is -0.459 e. The van der Waals surface area contributed by atoms with Gasteiger partial charge in [0.15, 0.2) is 5.75 Å². The van der Waals surface area contributed by atoms with Gasteiger partial charge in [-0.2, -0.15) is 0 Å². The van der Waals surface area contributed by atoms with Gasteiger partial charge in [0.2, 0.25) is 5.72 Å². The standard InChI is InChI=1S/C33H31N3O2/c1-31(2,3)20-36-29-13-9-8-12-27(29)32(4,5)33(36)19-35-28-18-26(22-14-16-23(17-15-22)37-21-34)24-10-6-7-11-25(24)30(28)38-33/h6-19H,20H2,1-5H3. The van der Waals surface area contributed by atoms with Crippen molar-refractivity contribution in [3.05, 3.63) is 84.4 Å². The summed E-state index contributed by atoms with van der Waals surface area (Å²) in [4.78, 5) is 7.52. The molecule has 2 aliphatic rings. The Hall–Kier alpha value is -4.30. The van der Waals surface area contributed by atoms with Crippen LogP contribution in [0.5, 0.6) is 11.5 Å². The third kappa shape index (κ3) is 3.55. The molecule has 0 saturated heterocycles. The van der Waals surface area contributed by atoms with Gasteiger partial charge < -0.3 is 14.4 Å². The molecule has 190 valence electrons. The Bertz CT molecular complexity index is 1620. The van der Waals surface area contributed by atoms with Gasteiger partial charge in [-0.25, -0.2) is 0 Å². The van der Waals surface area contributed by atoms with E-state index in [0.717, 1.165) is 39.9 Å². The smallest absolute Gasteiger partial charge is 0.292 e. The quantitative estimate of drug-likeness (QED) is 0.267. The van der Waals surface area contributed by atoms with E-state index in [0.29, 0.717) is 5.75 Å². The average Bonchev–Trinajstić information content (AvgIpc) is 3.07. The van der Waals surface area contributed by atoms with E-state index in [4.69, 9.17) is 19.7 Å². The van der Waals surface area contributed by atoms with Crippen molar-refractivity contribution in [2.24, 2.45) is 10.4 Å². The summed E-state index contributed by atoms with van der Waals surface area (Å²) in [5.74, 6) is 1.32. The van der Waals surface area contributed by atoms with Crippen molar-refractivity contribution in [2.45, 2.75) is 45.8 Å². The second-order valence-corrected chi connectivity index (χ2v) is 11.9. The fourth-order valence-corrected chi connectivity index (χ4v) is 5.91. The number of fused-ring (bicyclic) bond motifs is 4. The number of aliphatic imine (C=N–C) groups is 1. The highest BCUT2D eigenvalue weighted by Crippen LogP contribution is 2.56. The molecule has 0 aromatic heterocycles. The summed E-state index contributed by atoms with van der Waals surface area (Å²) in [7, 11) is 0. The van der Waals surface area contributed by atoms with Gasteiger partial charge in [0.1, 0.15) is 11.4 Å². The molecule has 1 spiro atoms. The molecule has 4 aromatic rings. The van der Waals surface area contributed by atoms with Crippen LogP contribution in [0.15, 0.2) is 83.9 Å². The van der Waals surface area contributed by atoms with Gasteiger partial charge in [-0.3, -0.25) is 4.99 Å². The molecule has 2 heterocycles. The van der Waals surface area contributed by atoms with Gasteiger partial charge in [-0.15, -0.1) is 5.26 Å². The first kappa shape index (κ1) is 24.1. The number of nitriles is 1. The molecule has 0 radical (unpaired) electrons. The fraction of sp³-hybridized carbons (Fsp3) is 0.273. The number of para-hydroxylation sites is 1. The molecule has 4 aromatic carbocycles. The molecule has 0 fully saturated rings. The molecule has 5 nitrogen and oxygen atoms in total. The predicted molar refractivity (Wildman–Crippen MR) is 153 cm³/mol. The summed E-state index contributed by atoms with van der Waals surface area (Å²) in [6.07, 6.45) is 3.75. The molecule has 0 aliphatic carbocycles. The van der Waals surface area contributed by atoms with Crippen LogP contribution >= 0.6 is 0 Å². The zero-order valence-electron chi connectivity index (χ0n) is 22.4. The van der Waals surface area contributed by atoms with Crippen LogP contribution < -0.4 is 14.4 Å². The van der Waals surface area contributed by atoms with Gasteiger partial charge >= 0.3 is 0 Å². The topological polar surface area (TPSA) is 57.8 Å². The number of hydrogen-bond acceptors (Lipinski definition) is 5. The zero-order chi connectivity index (χ0) is 26.7. The normalized spacial score (nSPS) is 19.1. The van der Waals surface area contributed by atoms with E-state index < -0.39 is 5.72 Å². The monoisotopic (exact) mass is 501 g/mol. The molecule has 0 saturated carbocycles. The molecule has 0 N–H and O–H groups in total. The van der Waals surface area contributed by atoms with Crippen molar-refractivity contribution >= 4 is 28.4 Å². The minimum absolute atomic E-state index is 0.0470. The lowest BCUT2D eigenvalue weighted by Crippen LogP contribution is -2.63. The Morgan fingerprint density at radius 1 is 0.947 bits per heavy atom. The molecule has 2 aliphatic heterocycles. The van der Waals surface area contributed by atoms with Crippen LogP contribution in [0.25, 0.3) is 21.9 Å². The lowest BCUT2D eigenvalue weighted by atomic mass is 9.77. The second-order valence-electron chi connectivity index (χ2n) is 11.9. The first-order valence-corrected chi connectivity index (χ1v) is 13.0. The molecule has 0 amide bonds. The fourth-order valence-electron chi connectivity index (χ4n) is 5.91. The van der Waals surface area contributed by atoms with Crippen LogP contribution in [0.4, 0.5) is 11.4 Å². The van der Waals surface area contributed by atoms with Crippen LogP contribution in [0.1, 0.15) is 40.2 Å². The van der Waals surface area contributed by atoms with E-state index in [1.807, 2.05) is 36.5 Å². The number of rotatable bonds is 3. The van der Waals surface area contributed by atoms with Crippen molar-refractivity contribution in [1.29, 1.82) is 5.26 Å². The van der Waals surface area contributed by atoms with Crippen LogP contribution in [0.3, 0.4) is 0 Å². The van der Waals surface area contributed by atoms with Crippen molar-refractivity contribution in [3.8, 4) is 28.9 Å². The van der Waals surface area contributed by atoms with Gasteiger partial charge in [-0.1, -0.05) is 75.4 Å². The van der Waals surface area contributed by atoms with Gasteiger partial charge in [-0.05, 0) is 65.6 Å². The van der Waals surface area contributed by atoms with Crippen LogP contribution in [0, 0.1) is 16.9 Å². The molecule has 1 atom stereocenters. The summed E-state index contributed by atoms with van der Waals surface area (Å²) in [6, 6.07) is 26.6. The molecule has 6 rings (SSSR count). The Labute approximate surface area is 224 Å². The number of hydrogen-bond donors (Lipinski definition) is 0. The van der Waals surface area contributed by atoms with Crippen molar-refractivity contribution in [2.75, 3.05) is 11.4 Å². The Morgan fingerprint density at radius 2 is 1.63 bits per heavy atom. The summed E-state index contributed by atoms with van der Waals surface area (Å²) < 4.78 is 12.2. The van der Waals surface area contributed by atoms with Crippen LogP contribution in [-0.2, 0) is 5.41 Å². The molecule has 0 bridgehead atoms. The molecular weight excluding hydrogens is 470 g/mol. The average molecular weight is 502 g/mol. The van der Waals surface area contributed by atoms with Crippen molar-refractivity contribution in [1.82, 2.24) is 0 Å². The first-order valence-electron chi connectivity index (χ1n) is 13.0. The number of anilines is 1. The van der Waals surface area contributed by atoms with E-state index in [2.05, 4.69) is 88.0 Å². The largest absolute Gasteiger partial charge is 0.459 e. The maximum Gasteiger partial charge on any atom is 0.292 e. The summed E-state index contributed by atoms with van der Waals surface area (Å²) in [6.45, 7) is 12.1.